The molecule has 1 atom stereocenters. The van der Waals surface area contributed by atoms with Crippen molar-refractivity contribution in [3.63, 3.8) is 0 Å². The summed E-state index contributed by atoms with van der Waals surface area (Å²) in [6.07, 6.45) is -3.59. The van der Waals surface area contributed by atoms with Crippen molar-refractivity contribution in [2.75, 3.05) is 13.2 Å². The lowest BCUT2D eigenvalue weighted by molar-refractivity contribution is -0.167. The first-order valence-corrected chi connectivity index (χ1v) is 5.28. The number of rotatable bonds is 8. The van der Waals surface area contributed by atoms with E-state index >= 15 is 0 Å². The van der Waals surface area contributed by atoms with Gasteiger partial charge in [0.25, 0.3) is 0 Å². The molecule has 11 heteroatoms. The van der Waals surface area contributed by atoms with E-state index in [2.05, 4.69) is 25.6 Å². The highest BCUT2D eigenvalue weighted by molar-refractivity contribution is 4.83. The molecule has 0 saturated heterocycles. The standard InChI is InChI=1S/C8H14F4N6O/c1-18-16-6(15-17-18)2-5(14-13)3-19-4-8(11,12)7(9)10/h5,7,14H,2-4,13H2,1H3. The van der Waals surface area contributed by atoms with E-state index in [1.54, 1.807) is 7.05 Å². The maximum Gasteiger partial charge on any atom is 0.330 e. The molecule has 0 fully saturated rings. The highest BCUT2D eigenvalue weighted by Crippen LogP contribution is 2.22. The Morgan fingerprint density at radius 3 is 2.63 bits per heavy atom. The van der Waals surface area contributed by atoms with Crippen molar-refractivity contribution < 1.29 is 22.3 Å². The summed E-state index contributed by atoms with van der Waals surface area (Å²) in [4.78, 5) is 1.22. The lowest BCUT2D eigenvalue weighted by Gasteiger charge is -2.18. The first-order valence-electron chi connectivity index (χ1n) is 5.28. The monoisotopic (exact) mass is 286 g/mol. The van der Waals surface area contributed by atoms with Crippen molar-refractivity contribution in [1.29, 1.82) is 0 Å². The normalized spacial score (nSPS) is 14.1. The quantitative estimate of drug-likeness (QED) is 0.380. The van der Waals surface area contributed by atoms with Gasteiger partial charge in [-0.25, -0.2) is 8.78 Å². The molecule has 0 aromatic carbocycles. The second-order valence-electron chi connectivity index (χ2n) is 3.84. The molecule has 3 N–H and O–H groups in total. The minimum Gasteiger partial charge on any atom is -0.373 e. The second-order valence-corrected chi connectivity index (χ2v) is 3.84. The number of hydrogen-bond acceptors (Lipinski definition) is 6. The van der Waals surface area contributed by atoms with E-state index in [-0.39, 0.29) is 13.0 Å². The van der Waals surface area contributed by atoms with Gasteiger partial charge in [-0.2, -0.15) is 13.6 Å². The van der Waals surface area contributed by atoms with E-state index < -0.39 is 25.0 Å². The van der Waals surface area contributed by atoms with Crippen LogP contribution in [0.1, 0.15) is 5.82 Å². The summed E-state index contributed by atoms with van der Waals surface area (Å²) in [5, 5.41) is 11.1. The van der Waals surface area contributed by atoms with Crippen LogP contribution in [-0.4, -0.2) is 51.8 Å². The van der Waals surface area contributed by atoms with Crippen molar-refractivity contribution in [2.24, 2.45) is 12.9 Å². The Bertz CT molecular complexity index is 387. The van der Waals surface area contributed by atoms with Crippen molar-refractivity contribution >= 4 is 0 Å². The minimum atomic E-state index is -4.18. The fourth-order valence-corrected chi connectivity index (χ4v) is 1.19. The average molecular weight is 286 g/mol. The highest BCUT2D eigenvalue weighted by Gasteiger charge is 2.41. The molecule has 1 heterocycles. The second kappa shape index (κ2) is 6.73. The fourth-order valence-electron chi connectivity index (χ4n) is 1.19. The van der Waals surface area contributed by atoms with Crippen LogP contribution in [-0.2, 0) is 18.2 Å². The van der Waals surface area contributed by atoms with Gasteiger partial charge in [-0.1, -0.05) is 0 Å². The number of tetrazole rings is 1. The molecule has 1 rings (SSSR count). The third-order valence-corrected chi connectivity index (χ3v) is 2.15. The molecule has 0 aliphatic carbocycles. The number of nitrogens with two attached hydrogens (primary N) is 1. The molecule has 7 nitrogen and oxygen atoms in total. The van der Waals surface area contributed by atoms with Crippen LogP contribution in [0.3, 0.4) is 0 Å². The molecule has 0 spiro atoms. The molecule has 0 aliphatic heterocycles. The number of hydrazine groups is 1. The van der Waals surface area contributed by atoms with Gasteiger partial charge in [0.05, 0.1) is 19.7 Å². The zero-order chi connectivity index (χ0) is 14.5. The first kappa shape index (κ1) is 15.7. The third kappa shape index (κ3) is 5.04. The lowest BCUT2D eigenvalue weighted by Crippen LogP contribution is -2.42. The van der Waals surface area contributed by atoms with Gasteiger partial charge in [0, 0.05) is 6.42 Å². The van der Waals surface area contributed by atoms with Gasteiger partial charge < -0.3 is 4.74 Å². The molecule has 0 saturated carbocycles. The van der Waals surface area contributed by atoms with Gasteiger partial charge in [-0.3, -0.25) is 11.3 Å². The number of hydrogen-bond donors (Lipinski definition) is 2. The van der Waals surface area contributed by atoms with Gasteiger partial charge >= 0.3 is 12.3 Å². The predicted molar refractivity (Wildman–Crippen MR) is 55.4 cm³/mol. The largest absolute Gasteiger partial charge is 0.373 e. The van der Waals surface area contributed by atoms with Crippen LogP contribution in [0.4, 0.5) is 17.6 Å². The summed E-state index contributed by atoms with van der Waals surface area (Å²) >= 11 is 0. The van der Waals surface area contributed by atoms with E-state index in [9.17, 15) is 17.6 Å². The van der Waals surface area contributed by atoms with Gasteiger partial charge in [0.1, 0.15) is 6.61 Å². The summed E-state index contributed by atoms with van der Waals surface area (Å²) in [5.41, 5.74) is 2.30. The molecule has 0 bridgehead atoms. The van der Waals surface area contributed by atoms with Crippen molar-refractivity contribution in [1.82, 2.24) is 25.6 Å². The van der Waals surface area contributed by atoms with Gasteiger partial charge in [-0.15, -0.1) is 10.2 Å². The maximum absolute atomic E-state index is 12.6. The molecule has 1 aromatic rings. The number of alkyl halides is 4. The molecule has 19 heavy (non-hydrogen) atoms. The van der Waals surface area contributed by atoms with Crippen molar-refractivity contribution in [2.45, 2.75) is 24.8 Å². The number of nitrogens with one attached hydrogen (secondary N) is 1. The third-order valence-electron chi connectivity index (χ3n) is 2.15. The highest BCUT2D eigenvalue weighted by atomic mass is 19.3. The number of halogens is 4. The van der Waals surface area contributed by atoms with E-state index in [1.807, 2.05) is 0 Å². The molecule has 0 amide bonds. The predicted octanol–water partition coefficient (Wildman–Crippen LogP) is -0.498. The summed E-state index contributed by atoms with van der Waals surface area (Å²) in [7, 11) is 1.56. The van der Waals surface area contributed by atoms with Crippen molar-refractivity contribution in [3.05, 3.63) is 5.82 Å². The number of aromatic nitrogens is 4. The van der Waals surface area contributed by atoms with Gasteiger partial charge in [-0.05, 0) is 5.21 Å². The van der Waals surface area contributed by atoms with Crippen molar-refractivity contribution in [3.8, 4) is 0 Å². The van der Waals surface area contributed by atoms with Crippen LogP contribution >= 0.6 is 0 Å². The fraction of sp³-hybridized carbons (Fsp3) is 0.875. The van der Waals surface area contributed by atoms with E-state index in [0.717, 1.165) is 0 Å². The maximum atomic E-state index is 12.6. The van der Waals surface area contributed by atoms with Crippen LogP contribution in [0.15, 0.2) is 0 Å². The summed E-state index contributed by atoms with van der Waals surface area (Å²) in [6, 6.07) is -0.585. The molecule has 0 radical (unpaired) electrons. The van der Waals surface area contributed by atoms with Crippen LogP contribution < -0.4 is 11.3 Å². The first-order chi connectivity index (χ1) is 8.85. The Morgan fingerprint density at radius 1 is 1.47 bits per heavy atom. The minimum absolute atomic E-state index is 0.171. The zero-order valence-electron chi connectivity index (χ0n) is 10.1. The molecule has 0 aliphatic rings. The van der Waals surface area contributed by atoms with Crippen LogP contribution in [0.2, 0.25) is 0 Å². The van der Waals surface area contributed by atoms with Crippen LogP contribution in [0, 0.1) is 0 Å². The zero-order valence-corrected chi connectivity index (χ0v) is 10.1. The Balaban J connectivity index is 2.37. The Hall–Kier alpha value is -1.33. The van der Waals surface area contributed by atoms with Gasteiger partial charge in [0.2, 0.25) is 0 Å². The summed E-state index contributed by atoms with van der Waals surface area (Å²) in [6.45, 7) is -1.66. The molecular formula is C8H14F4N6O. The Labute approximate surface area is 106 Å². The average Bonchev–Trinajstić information content (AvgIpc) is 2.73. The summed E-state index contributed by atoms with van der Waals surface area (Å²) < 4.78 is 53.4. The smallest absolute Gasteiger partial charge is 0.330 e. The van der Waals surface area contributed by atoms with E-state index in [1.165, 1.54) is 4.80 Å². The van der Waals surface area contributed by atoms with Crippen LogP contribution in [0.25, 0.3) is 0 Å². The number of nitrogens with zero attached hydrogens (tertiary/aromatic N) is 4. The van der Waals surface area contributed by atoms with Gasteiger partial charge in [0.15, 0.2) is 5.82 Å². The van der Waals surface area contributed by atoms with Crippen LogP contribution in [0.5, 0.6) is 0 Å². The number of aryl methyl sites for hydroxylation is 1. The molecule has 110 valence electrons. The number of ether oxygens (including phenoxy) is 1. The topological polar surface area (TPSA) is 90.9 Å². The SMILES string of the molecule is Cn1nnc(CC(COCC(F)(F)C(F)F)NN)n1. The lowest BCUT2D eigenvalue weighted by atomic mass is 10.2. The van der Waals surface area contributed by atoms with E-state index in [0.29, 0.717) is 5.82 Å². The molecule has 1 aromatic heterocycles. The molecular weight excluding hydrogens is 272 g/mol. The Kier molecular flexibility index (Phi) is 5.57. The molecule has 1 unspecified atom stereocenters. The Morgan fingerprint density at radius 2 is 2.16 bits per heavy atom. The summed E-state index contributed by atoms with van der Waals surface area (Å²) in [5.74, 6) is 1.34. The van der Waals surface area contributed by atoms with E-state index in [4.69, 9.17) is 5.84 Å².